The van der Waals surface area contributed by atoms with Crippen LogP contribution in [0.4, 0.5) is 0 Å². The molecule has 0 spiro atoms. The molecule has 0 atom stereocenters. The van der Waals surface area contributed by atoms with Crippen LogP contribution in [0.5, 0.6) is 0 Å². The van der Waals surface area contributed by atoms with Gasteiger partial charge in [-0.25, -0.2) is 0 Å². The molecule has 0 amide bonds. The lowest BCUT2D eigenvalue weighted by atomic mass is 9.77. The molecule has 1 heterocycles. The Hall–Kier alpha value is -0.495. The van der Waals surface area contributed by atoms with Crippen LogP contribution in [0, 0.1) is 0 Å². The van der Waals surface area contributed by atoms with Crippen molar-refractivity contribution in [1.29, 1.82) is 0 Å². The molecule has 0 aromatic rings. The molecule has 2 heteroatoms. The van der Waals surface area contributed by atoms with E-state index in [4.69, 9.17) is 0 Å². The Labute approximate surface area is 81.8 Å². The van der Waals surface area contributed by atoms with Gasteiger partial charge in [-0.05, 0) is 34.1 Å². The fourth-order valence-electron chi connectivity index (χ4n) is 1.96. The molecule has 0 fully saturated rings. The molecule has 0 N–H and O–H groups in total. The van der Waals surface area contributed by atoms with Crippen LogP contribution in [0.1, 0.15) is 34.1 Å². The summed E-state index contributed by atoms with van der Waals surface area (Å²) in [5.74, 6) is 0. The zero-order valence-corrected chi connectivity index (χ0v) is 9.02. The number of hydrogen-bond donors (Lipinski definition) is 0. The second-order valence-corrected chi connectivity index (χ2v) is 5.04. The molecule has 0 aromatic carbocycles. The van der Waals surface area contributed by atoms with Crippen LogP contribution < -0.4 is 0 Å². The van der Waals surface area contributed by atoms with Crippen molar-refractivity contribution in [1.82, 2.24) is 4.81 Å². The summed E-state index contributed by atoms with van der Waals surface area (Å²) in [6.45, 7) is 10.2. The quantitative estimate of drug-likeness (QED) is 0.509. The van der Waals surface area contributed by atoms with E-state index in [0.29, 0.717) is 0 Å². The van der Waals surface area contributed by atoms with Gasteiger partial charge < -0.3 is 4.81 Å². The minimum atomic E-state index is 0.268. The largest absolute Gasteiger partial charge is 0.334 e. The van der Waals surface area contributed by atoms with Gasteiger partial charge in [0.05, 0.1) is 0 Å². The van der Waals surface area contributed by atoms with Crippen LogP contribution in [0.25, 0.3) is 0 Å². The summed E-state index contributed by atoms with van der Waals surface area (Å²) >= 11 is 0. The van der Waals surface area contributed by atoms with E-state index in [2.05, 4.69) is 46.0 Å². The maximum absolute atomic E-state index is 2.44. The predicted octanol–water partition coefficient (Wildman–Crippen LogP) is 2.32. The third-order valence-corrected chi connectivity index (χ3v) is 2.97. The highest BCUT2D eigenvalue weighted by Gasteiger charge is 2.32. The maximum Gasteiger partial charge on any atom is 0.248 e. The Kier molecular flexibility index (Phi) is 1.92. The van der Waals surface area contributed by atoms with Crippen molar-refractivity contribution < 1.29 is 0 Å². The van der Waals surface area contributed by atoms with Gasteiger partial charge in [-0.3, -0.25) is 0 Å². The van der Waals surface area contributed by atoms with Gasteiger partial charge in [-0.1, -0.05) is 22.7 Å². The van der Waals surface area contributed by atoms with E-state index in [1.807, 2.05) is 0 Å². The third-order valence-electron chi connectivity index (χ3n) is 2.97. The Balaban J connectivity index is 2.13. The number of rotatable bonds is 0. The van der Waals surface area contributed by atoms with Crippen LogP contribution in [-0.2, 0) is 0 Å². The topological polar surface area (TPSA) is 3.24 Å². The monoisotopic (exact) mass is 174 g/mol. The van der Waals surface area contributed by atoms with E-state index in [1.165, 1.54) is 17.5 Å². The van der Waals surface area contributed by atoms with Crippen molar-refractivity contribution in [3.8, 4) is 0 Å². The Morgan fingerprint density at radius 3 is 2.62 bits per heavy atom. The van der Waals surface area contributed by atoms with Crippen molar-refractivity contribution >= 4 is 7.41 Å². The molecule has 13 heavy (non-hydrogen) atoms. The molecule has 0 aromatic heterocycles. The summed E-state index contributed by atoms with van der Waals surface area (Å²) in [4.78, 5) is 2.44. The van der Waals surface area contributed by atoms with Gasteiger partial charge in [0.15, 0.2) is 0 Å². The van der Waals surface area contributed by atoms with Gasteiger partial charge in [-0.15, -0.1) is 0 Å². The highest BCUT2D eigenvalue weighted by molar-refractivity contribution is 6.46. The number of hydrogen-bond acceptors (Lipinski definition) is 1. The Morgan fingerprint density at radius 2 is 2.08 bits per heavy atom. The van der Waals surface area contributed by atoms with Crippen LogP contribution >= 0.6 is 0 Å². The highest BCUT2D eigenvalue weighted by atomic mass is 15.1. The van der Waals surface area contributed by atoms with E-state index in [0.717, 1.165) is 6.54 Å². The lowest BCUT2D eigenvalue weighted by Crippen LogP contribution is -2.42. The van der Waals surface area contributed by atoms with Gasteiger partial charge in [0.1, 0.15) is 0 Å². The summed E-state index contributed by atoms with van der Waals surface area (Å²) in [6, 6.07) is 0. The van der Waals surface area contributed by atoms with Gasteiger partial charge in [0.25, 0.3) is 0 Å². The molecule has 0 saturated heterocycles. The molecular weight excluding hydrogens is 157 g/mol. The van der Waals surface area contributed by atoms with Crippen LogP contribution in [0.2, 0.25) is 0 Å². The van der Waals surface area contributed by atoms with Crippen LogP contribution in [0.15, 0.2) is 22.7 Å². The van der Waals surface area contributed by atoms with E-state index >= 15 is 0 Å². The standard InChI is InChI=1S/C11H17BN/c1-8-5-6-9-7-13(11(2,3)4)12-10(8)9/h5H,6-7H2,1-4H3. The molecule has 2 rings (SSSR count). The molecule has 0 saturated carbocycles. The summed E-state index contributed by atoms with van der Waals surface area (Å²) in [5, 5.41) is 0. The molecule has 1 aliphatic heterocycles. The zero-order valence-electron chi connectivity index (χ0n) is 9.02. The average Bonchev–Trinajstić information content (AvgIpc) is 2.51. The molecule has 2 aliphatic rings. The highest BCUT2D eigenvalue weighted by Crippen LogP contribution is 2.33. The van der Waals surface area contributed by atoms with Gasteiger partial charge in [-0.2, -0.15) is 0 Å². The lowest BCUT2D eigenvalue weighted by Gasteiger charge is -2.32. The smallest absolute Gasteiger partial charge is 0.248 e. The number of allylic oxidation sites excluding steroid dienone is 3. The van der Waals surface area contributed by atoms with Crippen molar-refractivity contribution in [3.63, 3.8) is 0 Å². The first kappa shape index (κ1) is 9.08. The lowest BCUT2D eigenvalue weighted by molar-refractivity contribution is 0.278. The van der Waals surface area contributed by atoms with E-state index < -0.39 is 0 Å². The van der Waals surface area contributed by atoms with E-state index in [1.54, 1.807) is 5.57 Å². The molecule has 1 nitrogen and oxygen atoms in total. The zero-order chi connectivity index (χ0) is 9.64. The minimum Gasteiger partial charge on any atom is -0.334 e. The van der Waals surface area contributed by atoms with Crippen LogP contribution in [-0.4, -0.2) is 24.3 Å². The first-order valence-corrected chi connectivity index (χ1v) is 4.99. The van der Waals surface area contributed by atoms with Crippen molar-refractivity contribution in [2.24, 2.45) is 0 Å². The summed E-state index contributed by atoms with van der Waals surface area (Å²) in [5.41, 5.74) is 4.83. The third kappa shape index (κ3) is 1.48. The fourth-order valence-corrected chi connectivity index (χ4v) is 1.96. The summed E-state index contributed by atoms with van der Waals surface area (Å²) in [7, 11) is 2.33. The van der Waals surface area contributed by atoms with E-state index in [-0.39, 0.29) is 5.54 Å². The second kappa shape index (κ2) is 2.75. The minimum absolute atomic E-state index is 0.268. The van der Waals surface area contributed by atoms with Gasteiger partial charge >= 0.3 is 0 Å². The molecular formula is C11H17BN. The van der Waals surface area contributed by atoms with Gasteiger partial charge in [0.2, 0.25) is 7.41 Å². The molecule has 0 bridgehead atoms. The average molecular weight is 174 g/mol. The first-order valence-electron chi connectivity index (χ1n) is 4.99. The number of nitrogens with zero attached hydrogens (tertiary/aromatic N) is 1. The van der Waals surface area contributed by atoms with Crippen molar-refractivity contribution in [2.45, 2.75) is 39.7 Å². The SMILES string of the molecule is CC1=CCC2=C1[B]N(C(C)(C)C)C2. The molecule has 1 radical (unpaired) electrons. The maximum atomic E-state index is 2.44. The molecule has 69 valence electrons. The second-order valence-electron chi connectivity index (χ2n) is 5.04. The Bertz CT molecular complexity index is 294. The summed E-state index contributed by atoms with van der Waals surface area (Å²) in [6.07, 6.45) is 3.51. The summed E-state index contributed by atoms with van der Waals surface area (Å²) < 4.78 is 0. The van der Waals surface area contributed by atoms with Gasteiger partial charge in [0, 0.05) is 12.1 Å². The van der Waals surface area contributed by atoms with Crippen molar-refractivity contribution in [3.05, 3.63) is 22.7 Å². The normalized spacial score (nSPS) is 23.2. The fraction of sp³-hybridized carbons (Fsp3) is 0.636. The molecule has 1 aliphatic carbocycles. The van der Waals surface area contributed by atoms with Crippen LogP contribution in [0.3, 0.4) is 0 Å². The predicted molar refractivity (Wildman–Crippen MR) is 57.6 cm³/mol. The van der Waals surface area contributed by atoms with E-state index in [9.17, 15) is 0 Å². The first-order chi connectivity index (χ1) is 5.98. The molecule has 0 unspecified atom stereocenters. The van der Waals surface area contributed by atoms with Crippen molar-refractivity contribution in [2.75, 3.05) is 6.54 Å². The Morgan fingerprint density at radius 1 is 1.38 bits per heavy atom.